The number of halogens is 1. The van der Waals surface area contributed by atoms with Gasteiger partial charge in [-0.25, -0.2) is 13.4 Å². The summed E-state index contributed by atoms with van der Waals surface area (Å²) in [5, 5.41) is 2.76. The predicted octanol–water partition coefficient (Wildman–Crippen LogP) is 3.61. The Bertz CT molecular complexity index is 1140. The minimum absolute atomic E-state index is 0.0280. The number of pyridine rings is 2. The lowest BCUT2D eigenvalue weighted by Gasteiger charge is -2.27. The maximum absolute atomic E-state index is 13.2. The summed E-state index contributed by atoms with van der Waals surface area (Å²) in [4.78, 5) is 30.4. The van der Waals surface area contributed by atoms with Gasteiger partial charge in [0.2, 0.25) is 5.91 Å². The third-order valence-electron chi connectivity index (χ3n) is 6.50. The van der Waals surface area contributed by atoms with Gasteiger partial charge in [0.05, 0.1) is 15.2 Å². The molecule has 1 saturated carbocycles. The molecule has 4 rings (SSSR count). The molecular weight excluding hydrogens is 466 g/mol. The standard InChI is InChI=1S/C23H28ClN3O5S/c24-17-5-6-21(25-15-17)26-23(29)20(13-16-8-11-32-12-9-16)27-10-7-19(14-22(27)28)33(30,31)18-3-1-2-4-18/h5-7,10,14-16,18,20H,1-4,8-9,11-13H2,(H,25,26,29)/t20-/m1/s1. The molecule has 1 amide bonds. The molecule has 8 nitrogen and oxygen atoms in total. The third-order valence-corrected chi connectivity index (χ3v) is 8.99. The molecule has 1 N–H and O–H groups in total. The van der Waals surface area contributed by atoms with Gasteiger partial charge in [-0.1, -0.05) is 24.4 Å². The maximum atomic E-state index is 13.2. The largest absolute Gasteiger partial charge is 0.381 e. The van der Waals surface area contributed by atoms with E-state index >= 15 is 0 Å². The number of carbonyl (C=O) groups is 1. The molecule has 2 aromatic rings. The second-order valence-electron chi connectivity index (χ2n) is 8.72. The van der Waals surface area contributed by atoms with Crippen molar-refractivity contribution in [3.63, 3.8) is 0 Å². The van der Waals surface area contributed by atoms with Gasteiger partial charge >= 0.3 is 0 Å². The summed E-state index contributed by atoms with van der Waals surface area (Å²) in [6.07, 6.45) is 7.90. The smallest absolute Gasteiger partial charge is 0.252 e. The first-order valence-electron chi connectivity index (χ1n) is 11.3. The molecule has 1 saturated heterocycles. The number of aromatic nitrogens is 2. The summed E-state index contributed by atoms with van der Waals surface area (Å²) in [5.41, 5.74) is -0.509. The van der Waals surface area contributed by atoms with Gasteiger partial charge in [0.1, 0.15) is 11.9 Å². The lowest BCUT2D eigenvalue weighted by atomic mass is 9.92. The van der Waals surface area contributed by atoms with Crippen LogP contribution in [0.4, 0.5) is 5.82 Å². The van der Waals surface area contributed by atoms with E-state index < -0.39 is 26.7 Å². The molecule has 33 heavy (non-hydrogen) atoms. The van der Waals surface area contributed by atoms with Crippen molar-refractivity contribution >= 4 is 33.2 Å². The SMILES string of the molecule is O=C(Nc1ccc(Cl)cn1)[C@@H](CC1CCOCC1)n1ccc(S(=O)(=O)C2CCCC2)cc1=O. The number of nitrogens with one attached hydrogen (secondary N) is 1. The molecule has 1 aliphatic heterocycles. The predicted molar refractivity (Wildman–Crippen MR) is 125 cm³/mol. The van der Waals surface area contributed by atoms with Crippen LogP contribution in [-0.2, 0) is 19.4 Å². The lowest BCUT2D eigenvalue weighted by Crippen LogP contribution is -2.35. The Morgan fingerprint density at radius 3 is 2.55 bits per heavy atom. The molecule has 2 aliphatic rings. The number of rotatable bonds is 7. The Hall–Kier alpha value is -2.23. The van der Waals surface area contributed by atoms with E-state index in [0.29, 0.717) is 43.3 Å². The molecule has 0 bridgehead atoms. The summed E-state index contributed by atoms with van der Waals surface area (Å²) < 4.78 is 32.6. The highest BCUT2D eigenvalue weighted by Crippen LogP contribution is 2.30. The van der Waals surface area contributed by atoms with Crippen LogP contribution < -0.4 is 10.9 Å². The van der Waals surface area contributed by atoms with Crippen LogP contribution in [-0.4, -0.2) is 42.3 Å². The Balaban J connectivity index is 1.61. The van der Waals surface area contributed by atoms with E-state index in [1.807, 2.05) is 0 Å². The van der Waals surface area contributed by atoms with E-state index in [0.717, 1.165) is 31.7 Å². The van der Waals surface area contributed by atoms with Gasteiger partial charge in [-0.3, -0.25) is 9.59 Å². The van der Waals surface area contributed by atoms with Crippen LogP contribution in [0.1, 0.15) is 51.0 Å². The van der Waals surface area contributed by atoms with Crippen LogP contribution in [0.3, 0.4) is 0 Å². The van der Waals surface area contributed by atoms with Gasteiger partial charge in [0.25, 0.3) is 5.56 Å². The molecule has 0 aromatic carbocycles. The maximum Gasteiger partial charge on any atom is 0.252 e. The van der Waals surface area contributed by atoms with Gasteiger partial charge in [-0.15, -0.1) is 0 Å². The molecule has 0 unspecified atom stereocenters. The summed E-state index contributed by atoms with van der Waals surface area (Å²) in [7, 11) is -3.56. The highest BCUT2D eigenvalue weighted by atomic mass is 35.5. The number of amides is 1. The third kappa shape index (κ3) is 5.65. The molecular formula is C23H28ClN3O5S. The van der Waals surface area contributed by atoms with Gasteiger partial charge < -0.3 is 14.6 Å². The van der Waals surface area contributed by atoms with E-state index in [-0.39, 0.29) is 16.7 Å². The van der Waals surface area contributed by atoms with Crippen LogP contribution in [0.25, 0.3) is 0 Å². The first kappa shape index (κ1) is 23.9. The fraction of sp³-hybridized carbons (Fsp3) is 0.522. The molecule has 3 heterocycles. The monoisotopic (exact) mass is 493 g/mol. The summed E-state index contributed by atoms with van der Waals surface area (Å²) in [6, 6.07) is 5.00. The number of sulfone groups is 1. The van der Waals surface area contributed by atoms with Gasteiger partial charge in [-0.2, -0.15) is 0 Å². The first-order valence-corrected chi connectivity index (χ1v) is 13.2. The molecule has 1 aliphatic carbocycles. The lowest BCUT2D eigenvalue weighted by molar-refractivity contribution is -0.120. The Kier molecular flexibility index (Phi) is 7.51. The van der Waals surface area contributed by atoms with Crippen molar-refractivity contribution in [2.24, 2.45) is 5.92 Å². The van der Waals surface area contributed by atoms with Crippen LogP contribution in [0.2, 0.25) is 5.02 Å². The number of carbonyl (C=O) groups excluding carboxylic acids is 1. The van der Waals surface area contributed by atoms with Crippen molar-refractivity contribution in [3.8, 4) is 0 Å². The molecule has 10 heteroatoms. The minimum Gasteiger partial charge on any atom is -0.381 e. The van der Waals surface area contributed by atoms with Crippen molar-refractivity contribution in [2.75, 3.05) is 18.5 Å². The average molecular weight is 494 g/mol. The van der Waals surface area contributed by atoms with Crippen molar-refractivity contribution in [1.29, 1.82) is 0 Å². The number of hydrogen-bond acceptors (Lipinski definition) is 6. The summed E-state index contributed by atoms with van der Waals surface area (Å²) >= 11 is 5.87. The van der Waals surface area contributed by atoms with Gasteiger partial charge in [0, 0.05) is 31.7 Å². The van der Waals surface area contributed by atoms with Crippen LogP contribution in [0.5, 0.6) is 0 Å². The zero-order valence-corrected chi connectivity index (χ0v) is 19.9. The van der Waals surface area contributed by atoms with Gasteiger partial charge in [-0.05, 0) is 56.2 Å². The quantitative estimate of drug-likeness (QED) is 0.631. The van der Waals surface area contributed by atoms with E-state index in [1.54, 1.807) is 12.1 Å². The normalized spacial score (nSPS) is 18.8. The van der Waals surface area contributed by atoms with E-state index in [2.05, 4.69) is 10.3 Å². The average Bonchev–Trinajstić information content (AvgIpc) is 3.36. The molecule has 2 aromatic heterocycles. The fourth-order valence-electron chi connectivity index (χ4n) is 4.60. The molecule has 0 spiro atoms. The first-order chi connectivity index (χ1) is 15.8. The zero-order chi connectivity index (χ0) is 23.4. The van der Waals surface area contributed by atoms with Crippen molar-refractivity contribution in [1.82, 2.24) is 9.55 Å². The highest BCUT2D eigenvalue weighted by molar-refractivity contribution is 7.92. The molecule has 1 atom stereocenters. The van der Waals surface area contributed by atoms with E-state index in [4.69, 9.17) is 16.3 Å². The van der Waals surface area contributed by atoms with Crippen LogP contribution in [0.15, 0.2) is 46.3 Å². The molecule has 178 valence electrons. The minimum atomic E-state index is -3.56. The summed E-state index contributed by atoms with van der Waals surface area (Å²) in [6.45, 7) is 1.23. The van der Waals surface area contributed by atoms with E-state index in [1.165, 1.54) is 23.0 Å². The van der Waals surface area contributed by atoms with Crippen molar-refractivity contribution in [3.05, 3.63) is 52.0 Å². The topological polar surface area (TPSA) is 107 Å². The second-order valence-corrected chi connectivity index (χ2v) is 11.4. The Morgan fingerprint density at radius 2 is 1.91 bits per heavy atom. The van der Waals surface area contributed by atoms with Gasteiger partial charge in [0.15, 0.2) is 9.84 Å². The second kappa shape index (κ2) is 10.4. The Morgan fingerprint density at radius 1 is 1.18 bits per heavy atom. The number of ether oxygens (including phenoxy) is 1. The molecule has 2 fully saturated rings. The molecule has 0 radical (unpaired) electrons. The Labute approximate surface area is 198 Å². The number of nitrogens with zero attached hydrogens (tertiary/aromatic N) is 2. The number of hydrogen-bond donors (Lipinski definition) is 1. The van der Waals surface area contributed by atoms with Crippen LogP contribution >= 0.6 is 11.6 Å². The van der Waals surface area contributed by atoms with Crippen molar-refractivity contribution in [2.45, 2.75) is 61.1 Å². The highest BCUT2D eigenvalue weighted by Gasteiger charge is 2.32. The van der Waals surface area contributed by atoms with E-state index in [9.17, 15) is 18.0 Å². The van der Waals surface area contributed by atoms with Crippen molar-refractivity contribution < 1.29 is 17.9 Å². The zero-order valence-electron chi connectivity index (χ0n) is 18.3. The van der Waals surface area contributed by atoms with Crippen LogP contribution in [0, 0.1) is 5.92 Å². The summed E-state index contributed by atoms with van der Waals surface area (Å²) in [5.74, 6) is 0.154. The fourth-order valence-corrected chi connectivity index (χ4v) is 6.57. The number of anilines is 1.